The van der Waals surface area contributed by atoms with Crippen LogP contribution >= 0.6 is 23.1 Å². The van der Waals surface area contributed by atoms with Gasteiger partial charge in [0.15, 0.2) is 15.0 Å². The van der Waals surface area contributed by atoms with E-state index in [0.717, 1.165) is 10.4 Å². The molecule has 7 nitrogen and oxygen atoms in total. The first-order chi connectivity index (χ1) is 13.6. The molecule has 2 aromatic heterocycles. The Balaban J connectivity index is 1.89. The predicted octanol–water partition coefficient (Wildman–Crippen LogP) is 2.61. The summed E-state index contributed by atoms with van der Waals surface area (Å²) in [6.07, 6.45) is 0.483. The number of sulfone groups is 1. The van der Waals surface area contributed by atoms with Crippen LogP contribution in [0, 0.1) is 13.8 Å². The first-order valence-corrected chi connectivity index (χ1v) is 13.3. The molecule has 3 rings (SSSR count). The zero-order valence-corrected chi connectivity index (χ0v) is 19.8. The fourth-order valence-corrected chi connectivity index (χ4v) is 7.58. The number of rotatable bonds is 6. The van der Waals surface area contributed by atoms with Gasteiger partial charge in [-0.1, -0.05) is 11.8 Å². The summed E-state index contributed by atoms with van der Waals surface area (Å²) in [5, 5.41) is 0.716. The third-order valence-electron chi connectivity index (χ3n) is 5.47. The third-order valence-corrected chi connectivity index (χ3v) is 9.40. The van der Waals surface area contributed by atoms with Gasteiger partial charge < -0.3 is 4.90 Å². The standard InChI is InChI=1S/C19H27N3O4S3/c1-6-21(14-8-9-29(25,26)10-14)17(23)13(5)28-19-20-16-15(11(3)12(4)27-16)18(24)22(19)7-2/h13-14H,6-10H2,1-5H3/t13-,14-/m0/s1. The van der Waals surface area contributed by atoms with E-state index >= 15 is 0 Å². The van der Waals surface area contributed by atoms with Gasteiger partial charge in [0.05, 0.1) is 22.1 Å². The number of carbonyl (C=O) groups excluding carboxylic acids is 1. The number of hydrogen-bond acceptors (Lipinski definition) is 7. The molecule has 0 aliphatic carbocycles. The van der Waals surface area contributed by atoms with Crippen molar-refractivity contribution in [3.63, 3.8) is 0 Å². The van der Waals surface area contributed by atoms with Gasteiger partial charge in [-0.15, -0.1) is 11.3 Å². The van der Waals surface area contributed by atoms with Crippen molar-refractivity contribution in [2.75, 3.05) is 18.1 Å². The van der Waals surface area contributed by atoms with Gasteiger partial charge in [-0.3, -0.25) is 14.2 Å². The van der Waals surface area contributed by atoms with Gasteiger partial charge in [0.25, 0.3) is 5.56 Å². The second-order valence-electron chi connectivity index (χ2n) is 7.35. The largest absolute Gasteiger partial charge is 0.338 e. The second kappa shape index (κ2) is 8.39. The van der Waals surface area contributed by atoms with E-state index < -0.39 is 15.1 Å². The molecule has 10 heteroatoms. The van der Waals surface area contributed by atoms with Crippen molar-refractivity contribution in [2.24, 2.45) is 0 Å². The Morgan fingerprint density at radius 2 is 2.07 bits per heavy atom. The third kappa shape index (κ3) is 4.25. The smallest absolute Gasteiger partial charge is 0.263 e. The highest BCUT2D eigenvalue weighted by atomic mass is 32.2. The molecule has 3 heterocycles. The van der Waals surface area contributed by atoms with E-state index in [0.29, 0.717) is 34.9 Å². The number of carbonyl (C=O) groups is 1. The van der Waals surface area contributed by atoms with Gasteiger partial charge in [-0.05, 0) is 46.6 Å². The topological polar surface area (TPSA) is 89.3 Å². The van der Waals surface area contributed by atoms with E-state index in [-0.39, 0.29) is 29.0 Å². The summed E-state index contributed by atoms with van der Waals surface area (Å²) < 4.78 is 25.3. The fraction of sp³-hybridized carbons (Fsp3) is 0.632. The van der Waals surface area contributed by atoms with Gasteiger partial charge in [0.1, 0.15) is 4.83 Å². The van der Waals surface area contributed by atoms with E-state index in [4.69, 9.17) is 4.98 Å². The number of fused-ring (bicyclic) bond motifs is 1. The molecule has 2 atom stereocenters. The highest BCUT2D eigenvalue weighted by molar-refractivity contribution is 8.00. The molecule has 1 saturated heterocycles. The maximum Gasteiger partial charge on any atom is 0.263 e. The first-order valence-electron chi connectivity index (χ1n) is 9.77. The monoisotopic (exact) mass is 457 g/mol. The van der Waals surface area contributed by atoms with Crippen LogP contribution in [0.15, 0.2) is 9.95 Å². The Labute approximate surface area is 179 Å². The Morgan fingerprint density at radius 1 is 1.38 bits per heavy atom. The van der Waals surface area contributed by atoms with E-state index in [9.17, 15) is 18.0 Å². The van der Waals surface area contributed by atoms with Crippen LogP contribution in [0.3, 0.4) is 0 Å². The second-order valence-corrected chi connectivity index (χ2v) is 12.1. The lowest BCUT2D eigenvalue weighted by molar-refractivity contribution is -0.131. The zero-order valence-electron chi connectivity index (χ0n) is 17.4. The lowest BCUT2D eigenvalue weighted by atomic mass is 10.2. The van der Waals surface area contributed by atoms with Crippen molar-refractivity contribution in [3.8, 4) is 0 Å². The number of nitrogens with zero attached hydrogens (tertiary/aromatic N) is 3. The summed E-state index contributed by atoms with van der Waals surface area (Å²) >= 11 is 2.76. The Kier molecular flexibility index (Phi) is 6.45. The number of amides is 1. The average molecular weight is 458 g/mol. The molecule has 1 aliphatic rings. The van der Waals surface area contributed by atoms with Crippen molar-refractivity contribution in [2.45, 2.75) is 64.0 Å². The maximum absolute atomic E-state index is 13.1. The van der Waals surface area contributed by atoms with Gasteiger partial charge >= 0.3 is 0 Å². The lowest BCUT2D eigenvalue weighted by Gasteiger charge is -2.29. The quantitative estimate of drug-likeness (QED) is 0.489. The molecule has 0 saturated carbocycles. The van der Waals surface area contributed by atoms with Crippen LogP contribution in [-0.2, 0) is 21.2 Å². The van der Waals surface area contributed by atoms with Crippen molar-refractivity contribution in [1.82, 2.24) is 14.5 Å². The predicted molar refractivity (Wildman–Crippen MR) is 119 cm³/mol. The van der Waals surface area contributed by atoms with Gasteiger partial charge in [0.2, 0.25) is 5.91 Å². The minimum Gasteiger partial charge on any atom is -0.338 e. The van der Waals surface area contributed by atoms with Crippen molar-refractivity contribution >= 4 is 49.1 Å². The van der Waals surface area contributed by atoms with Crippen LogP contribution in [0.2, 0.25) is 0 Å². The van der Waals surface area contributed by atoms with Crippen molar-refractivity contribution in [1.29, 1.82) is 0 Å². The summed E-state index contributed by atoms with van der Waals surface area (Å²) in [5.74, 6) is 0.0463. The van der Waals surface area contributed by atoms with E-state index in [1.165, 1.54) is 23.1 Å². The molecular weight excluding hydrogens is 430 g/mol. The number of aryl methyl sites for hydroxylation is 2. The van der Waals surface area contributed by atoms with Crippen LogP contribution in [-0.4, -0.2) is 58.1 Å². The summed E-state index contributed by atoms with van der Waals surface area (Å²) in [6, 6.07) is -0.271. The van der Waals surface area contributed by atoms with Crippen LogP contribution in [0.5, 0.6) is 0 Å². The van der Waals surface area contributed by atoms with Gasteiger partial charge in [-0.2, -0.15) is 0 Å². The number of thioether (sulfide) groups is 1. The SMILES string of the molecule is CCN(C(=O)[C@H](C)Sc1nc2sc(C)c(C)c2c(=O)n1CC)[C@H]1CCS(=O)(=O)C1. The number of hydrogen-bond donors (Lipinski definition) is 0. The molecule has 0 radical (unpaired) electrons. The Hall–Kier alpha value is -1.39. The lowest BCUT2D eigenvalue weighted by Crippen LogP contribution is -2.44. The average Bonchev–Trinajstić information content (AvgIpc) is 3.14. The van der Waals surface area contributed by atoms with E-state index in [2.05, 4.69) is 0 Å². The summed E-state index contributed by atoms with van der Waals surface area (Å²) in [7, 11) is -3.07. The molecule has 160 valence electrons. The molecule has 1 fully saturated rings. The molecule has 0 spiro atoms. The maximum atomic E-state index is 13.1. The van der Waals surface area contributed by atoms with Crippen LogP contribution in [0.4, 0.5) is 0 Å². The Morgan fingerprint density at radius 3 is 2.62 bits per heavy atom. The molecular formula is C19H27N3O4S3. The highest BCUT2D eigenvalue weighted by Crippen LogP contribution is 2.30. The molecule has 1 aliphatic heterocycles. The Bertz CT molecular complexity index is 1100. The van der Waals surface area contributed by atoms with Gasteiger partial charge in [0, 0.05) is 24.0 Å². The van der Waals surface area contributed by atoms with Crippen LogP contribution in [0.1, 0.15) is 37.6 Å². The highest BCUT2D eigenvalue weighted by Gasteiger charge is 2.35. The molecule has 2 aromatic rings. The molecule has 0 N–H and O–H groups in total. The molecule has 1 amide bonds. The molecule has 0 unspecified atom stereocenters. The minimum absolute atomic E-state index is 0.0294. The normalized spacial score (nSPS) is 19.6. The summed E-state index contributed by atoms with van der Waals surface area (Å²) in [5.41, 5.74) is 0.890. The molecule has 0 aromatic carbocycles. The van der Waals surface area contributed by atoms with E-state index in [1.54, 1.807) is 16.4 Å². The van der Waals surface area contributed by atoms with Crippen molar-refractivity contribution < 1.29 is 13.2 Å². The van der Waals surface area contributed by atoms with E-state index in [1.807, 2.05) is 27.7 Å². The molecule has 0 bridgehead atoms. The van der Waals surface area contributed by atoms with Crippen LogP contribution in [0.25, 0.3) is 10.2 Å². The summed E-state index contributed by atoms with van der Waals surface area (Å²) in [4.78, 5) is 34.2. The minimum atomic E-state index is -3.07. The molecule has 29 heavy (non-hydrogen) atoms. The van der Waals surface area contributed by atoms with Crippen LogP contribution < -0.4 is 5.56 Å². The fourth-order valence-electron chi connectivity index (χ4n) is 3.73. The number of aromatic nitrogens is 2. The zero-order chi connectivity index (χ0) is 21.5. The van der Waals surface area contributed by atoms with Gasteiger partial charge in [-0.25, -0.2) is 13.4 Å². The summed E-state index contributed by atoms with van der Waals surface area (Å²) in [6.45, 7) is 10.4. The first kappa shape index (κ1) is 22.3. The number of thiophene rings is 1. The van der Waals surface area contributed by atoms with Crippen molar-refractivity contribution in [3.05, 3.63) is 20.8 Å².